The molecular weight excluding hydrogens is 179 g/mol. The minimum atomic E-state index is -1.43. The van der Waals surface area contributed by atoms with Gasteiger partial charge in [0.2, 0.25) is 0 Å². The Morgan fingerprint density at radius 2 is 2.25 bits per heavy atom. The summed E-state index contributed by atoms with van der Waals surface area (Å²) in [6.07, 6.45) is 1.13. The summed E-state index contributed by atoms with van der Waals surface area (Å²) in [5.41, 5.74) is -0.655. The number of carbonyl (C=O) groups is 1. The second-order valence-electron chi connectivity index (χ2n) is 1.76. The SMILES string of the molecule is O=C(O)c1nccc(Cl)c1F.[LiH]. The number of carboxylic acid groups (broad SMARTS) is 1. The van der Waals surface area contributed by atoms with E-state index in [1.807, 2.05) is 0 Å². The van der Waals surface area contributed by atoms with Crippen LogP contribution in [-0.4, -0.2) is 34.9 Å². The molecule has 0 atom stereocenters. The van der Waals surface area contributed by atoms with E-state index in [1.165, 1.54) is 6.07 Å². The number of aromatic nitrogens is 1. The Kier molecular flexibility index (Phi) is 4.25. The van der Waals surface area contributed by atoms with Crippen LogP contribution in [0, 0.1) is 5.82 Å². The Labute approximate surface area is 84.7 Å². The molecule has 0 unspecified atom stereocenters. The molecule has 1 heterocycles. The fourth-order valence-electron chi connectivity index (χ4n) is 0.569. The maximum absolute atomic E-state index is 12.7. The van der Waals surface area contributed by atoms with Gasteiger partial charge in [0.05, 0.1) is 5.02 Å². The number of aromatic carboxylic acids is 1. The molecule has 0 amide bonds. The van der Waals surface area contributed by atoms with Crippen molar-refractivity contribution in [3.8, 4) is 0 Å². The standard InChI is InChI=1S/C6H3ClFNO2.Li.H/c7-3-1-2-9-5(4(3)8)6(10)11;;/h1-2H,(H,10,11);;. The molecule has 0 aliphatic carbocycles. The molecule has 0 spiro atoms. The molecule has 0 fully saturated rings. The summed E-state index contributed by atoms with van der Waals surface area (Å²) in [5.74, 6) is -2.42. The third kappa shape index (κ3) is 2.21. The van der Waals surface area contributed by atoms with E-state index in [1.54, 1.807) is 0 Å². The van der Waals surface area contributed by atoms with E-state index in [0.717, 1.165) is 6.20 Å². The second-order valence-corrected chi connectivity index (χ2v) is 2.17. The molecule has 0 aliphatic heterocycles. The van der Waals surface area contributed by atoms with Gasteiger partial charge in [-0.3, -0.25) is 0 Å². The molecule has 3 nitrogen and oxygen atoms in total. The maximum atomic E-state index is 12.7. The molecular formula is C6H4ClFLiNO2. The zero-order valence-corrected chi connectivity index (χ0v) is 5.97. The Bertz CT molecular complexity index is 308. The number of halogens is 2. The summed E-state index contributed by atoms with van der Waals surface area (Å²) in [7, 11) is 0. The van der Waals surface area contributed by atoms with Crippen LogP contribution in [0.15, 0.2) is 12.3 Å². The number of nitrogens with zero attached hydrogens (tertiary/aromatic N) is 1. The molecule has 0 aromatic carbocycles. The molecule has 60 valence electrons. The van der Waals surface area contributed by atoms with Gasteiger partial charge in [-0.15, -0.1) is 0 Å². The van der Waals surface area contributed by atoms with Gasteiger partial charge in [0.25, 0.3) is 0 Å². The van der Waals surface area contributed by atoms with E-state index in [0.29, 0.717) is 0 Å². The van der Waals surface area contributed by atoms with Gasteiger partial charge in [-0.2, -0.15) is 0 Å². The molecule has 1 aromatic rings. The van der Waals surface area contributed by atoms with Crippen LogP contribution in [-0.2, 0) is 0 Å². The number of hydrogen-bond acceptors (Lipinski definition) is 2. The topological polar surface area (TPSA) is 50.2 Å². The third-order valence-corrected chi connectivity index (χ3v) is 1.34. The third-order valence-electron chi connectivity index (χ3n) is 1.04. The molecule has 0 bridgehead atoms. The van der Waals surface area contributed by atoms with Gasteiger partial charge in [-0.1, -0.05) is 11.6 Å². The van der Waals surface area contributed by atoms with Crippen molar-refractivity contribution in [1.82, 2.24) is 4.98 Å². The van der Waals surface area contributed by atoms with E-state index in [-0.39, 0.29) is 23.9 Å². The molecule has 0 aliphatic rings. The fraction of sp³-hybridized carbons (Fsp3) is 0. The molecule has 0 saturated carbocycles. The fourth-order valence-corrected chi connectivity index (χ4v) is 0.715. The van der Waals surface area contributed by atoms with Crippen molar-refractivity contribution >= 4 is 36.4 Å². The molecule has 6 heteroatoms. The molecule has 1 rings (SSSR count). The van der Waals surface area contributed by atoms with Crippen molar-refractivity contribution in [2.24, 2.45) is 0 Å². The number of pyridine rings is 1. The van der Waals surface area contributed by atoms with Crippen molar-refractivity contribution < 1.29 is 14.3 Å². The summed E-state index contributed by atoms with van der Waals surface area (Å²) < 4.78 is 12.7. The monoisotopic (exact) mass is 183 g/mol. The average molecular weight is 183 g/mol. The van der Waals surface area contributed by atoms with Gasteiger partial charge in [0.15, 0.2) is 11.5 Å². The summed E-state index contributed by atoms with van der Waals surface area (Å²) >= 11 is 5.28. The van der Waals surface area contributed by atoms with Gasteiger partial charge in [-0.25, -0.2) is 14.2 Å². The van der Waals surface area contributed by atoms with Crippen molar-refractivity contribution in [3.05, 3.63) is 28.8 Å². The van der Waals surface area contributed by atoms with Crippen molar-refractivity contribution in [3.63, 3.8) is 0 Å². The van der Waals surface area contributed by atoms with Gasteiger partial charge >= 0.3 is 24.8 Å². The first-order chi connectivity index (χ1) is 5.13. The van der Waals surface area contributed by atoms with Gasteiger partial charge in [0, 0.05) is 6.20 Å². The van der Waals surface area contributed by atoms with Crippen LogP contribution in [0.5, 0.6) is 0 Å². The van der Waals surface area contributed by atoms with Crippen molar-refractivity contribution in [1.29, 1.82) is 0 Å². The number of rotatable bonds is 1. The molecule has 12 heavy (non-hydrogen) atoms. The first-order valence-corrected chi connectivity index (χ1v) is 3.04. The predicted molar refractivity (Wildman–Crippen MR) is 43.3 cm³/mol. The van der Waals surface area contributed by atoms with Crippen molar-refractivity contribution in [2.45, 2.75) is 0 Å². The van der Waals surface area contributed by atoms with Crippen LogP contribution >= 0.6 is 11.6 Å². The Balaban J connectivity index is 0.00000121. The second kappa shape index (κ2) is 4.46. The Morgan fingerprint density at radius 3 is 2.67 bits per heavy atom. The van der Waals surface area contributed by atoms with Crippen LogP contribution in [0.2, 0.25) is 5.02 Å². The van der Waals surface area contributed by atoms with E-state index in [2.05, 4.69) is 4.98 Å². The zero-order valence-electron chi connectivity index (χ0n) is 5.21. The molecule has 1 N–H and O–H groups in total. The van der Waals surface area contributed by atoms with E-state index >= 15 is 0 Å². The quantitative estimate of drug-likeness (QED) is 0.659. The average Bonchev–Trinajstić information content (AvgIpc) is 1.94. The van der Waals surface area contributed by atoms with Gasteiger partial charge in [0.1, 0.15) is 0 Å². The Morgan fingerprint density at radius 1 is 1.67 bits per heavy atom. The summed E-state index contributed by atoms with van der Waals surface area (Å²) in [4.78, 5) is 13.5. The predicted octanol–water partition coefficient (Wildman–Crippen LogP) is 0.924. The normalized spacial score (nSPS) is 8.83. The summed E-state index contributed by atoms with van der Waals surface area (Å²) in [5, 5.41) is 8.09. The van der Waals surface area contributed by atoms with E-state index in [4.69, 9.17) is 16.7 Å². The van der Waals surface area contributed by atoms with Crippen LogP contribution in [0.25, 0.3) is 0 Å². The van der Waals surface area contributed by atoms with Crippen molar-refractivity contribution in [2.75, 3.05) is 0 Å². The molecule has 0 saturated heterocycles. The van der Waals surface area contributed by atoms with Crippen LogP contribution in [0.1, 0.15) is 10.5 Å². The zero-order chi connectivity index (χ0) is 8.43. The van der Waals surface area contributed by atoms with E-state index in [9.17, 15) is 9.18 Å². The van der Waals surface area contributed by atoms with Gasteiger partial charge in [-0.05, 0) is 6.07 Å². The number of carboxylic acids is 1. The molecule has 0 radical (unpaired) electrons. The molecule has 1 aromatic heterocycles. The Hall–Kier alpha value is -0.563. The summed E-state index contributed by atoms with van der Waals surface area (Å²) in [6, 6.07) is 1.18. The summed E-state index contributed by atoms with van der Waals surface area (Å²) in [6.45, 7) is 0. The van der Waals surface area contributed by atoms with Crippen LogP contribution in [0.3, 0.4) is 0 Å². The van der Waals surface area contributed by atoms with Crippen LogP contribution < -0.4 is 0 Å². The van der Waals surface area contributed by atoms with Gasteiger partial charge < -0.3 is 5.11 Å². The van der Waals surface area contributed by atoms with Crippen LogP contribution in [0.4, 0.5) is 4.39 Å². The number of hydrogen-bond donors (Lipinski definition) is 1. The van der Waals surface area contributed by atoms with E-state index < -0.39 is 17.5 Å². The first kappa shape index (κ1) is 11.4. The minimum absolute atomic E-state index is 0. The first-order valence-electron chi connectivity index (χ1n) is 2.66.